The van der Waals surface area contributed by atoms with Crippen LogP contribution < -0.4 is 20.3 Å². The fraction of sp³-hybridized carbons (Fsp3) is 0.333. The third-order valence-corrected chi connectivity index (χ3v) is 4.10. The number of hydrogen-bond donors (Lipinski definition) is 2. The van der Waals surface area contributed by atoms with E-state index in [0.717, 1.165) is 5.56 Å². The number of hydrogen-bond acceptors (Lipinski definition) is 3. The molecule has 3 amide bonds. The average molecular weight is 367 g/mol. The molecule has 3 rings (SSSR count). The highest BCUT2D eigenvalue weighted by atomic mass is 16.5. The fourth-order valence-corrected chi connectivity index (χ4v) is 2.92. The molecule has 0 saturated heterocycles. The Bertz CT molecular complexity index is 843. The summed E-state index contributed by atoms with van der Waals surface area (Å²) in [6, 6.07) is 14.8. The molecule has 142 valence electrons. The highest BCUT2D eigenvalue weighted by Gasteiger charge is 2.31. The maximum Gasteiger partial charge on any atom is 0.319 e. The highest BCUT2D eigenvalue weighted by molar-refractivity contribution is 6.00. The Balaban J connectivity index is 1.83. The van der Waals surface area contributed by atoms with Crippen LogP contribution in [-0.4, -0.2) is 23.6 Å². The van der Waals surface area contributed by atoms with E-state index >= 15 is 0 Å². The molecular formula is C21H25N3O3. The molecule has 2 aromatic rings. The van der Waals surface area contributed by atoms with Crippen molar-refractivity contribution in [1.29, 1.82) is 0 Å². The second kappa shape index (κ2) is 7.31. The van der Waals surface area contributed by atoms with Crippen molar-refractivity contribution in [3.8, 4) is 5.75 Å². The van der Waals surface area contributed by atoms with Gasteiger partial charge in [0, 0.05) is 17.3 Å². The van der Waals surface area contributed by atoms with Crippen LogP contribution in [-0.2, 0) is 11.3 Å². The van der Waals surface area contributed by atoms with Crippen molar-refractivity contribution in [3.63, 3.8) is 0 Å². The van der Waals surface area contributed by atoms with E-state index in [9.17, 15) is 9.59 Å². The van der Waals surface area contributed by atoms with Gasteiger partial charge in [-0.05, 0) is 45.4 Å². The van der Waals surface area contributed by atoms with Crippen LogP contribution in [0.15, 0.2) is 48.5 Å². The molecule has 0 bridgehead atoms. The number of carbonyl (C=O) groups is 2. The van der Waals surface area contributed by atoms with Gasteiger partial charge < -0.3 is 20.3 Å². The van der Waals surface area contributed by atoms with Crippen LogP contribution in [0.4, 0.5) is 16.2 Å². The van der Waals surface area contributed by atoms with Gasteiger partial charge in [-0.3, -0.25) is 4.79 Å². The number of urea groups is 1. The van der Waals surface area contributed by atoms with Crippen molar-refractivity contribution in [3.05, 3.63) is 54.1 Å². The third kappa shape index (κ3) is 4.58. The number of amides is 3. The Morgan fingerprint density at radius 2 is 1.85 bits per heavy atom. The number of nitrogens with zero attached hydrogens (tertiary/aromatic N) is 1. The second-order valence-electron chi connectivity index (χ2n) is 7.68. The van der Waals surface area contributed by atoms with Crippen molar-refractivity contribution >= 4 is 23.3 Å². The van der Waals surface area contributed by atoms with Gasteiger partial charge >= 0.3 is 6.03 Å². The second-order valence-corrected chi connectivity index (χ2v) is 7.68. The van der Waals surface area contributed by atoms with Gasteiger partial charge in [-0.2, -0.15) is 0 Å². The molecule has 0 aliphatic carbocycles. The molecule has 1 aliphatic heterocycles. The lowest BCUT2D eigenvalue weighted by Crippen LogP contribution is -2.44. The molecule has 2 aromatic carbocycles. The van der Waals surface area contributed by atoms with E-state index in [-0.39, 0.29) is 17.5 Å². The molecule has 1 atom stereocenters. The Kier molecular flexibility index (Phi) is 5.08. The first kappa shape index (κ1) is 18.8. The Hall–Kier alpha value is -3.02. The summed E-state index contributed by atoms with van der Waals surface area (Å²) in [5.41, 5.74) is 2.01. The van der Waals surface area contributed by atoms with Crippen molar-refractivity contribution in [2.24, 2.45) is 0 Å². The number of nitrogens with one attached hydrogen (secondary N) is 2. The third-order valence-electron chi connectivity index (χ3n) is 4.10. The number of fused-ring (bicyclic) bond motifs is 1. The maximum atomic E-state index is 12.6. The first-order valence-corrected chi connectivity index (χ1v) is 8.98. The van der Waals surface area contributed by atoms with E-state index in [1.165, 1.54) is 0 Å². The standard InChI is InChI=1S/C21H25N3O3/c1-14-19(25)24(13-15-8-6-5-7-9-15)17-11-10-16(12-18(17)27-14)22-20(26)23-21(2,3)4/h5-12,14H,13H2,1-4H3,(H2,22,23,26)/t14-/m1/s1. The van der Waals surface area contributed by atoms with Crippen LogP contribution in [0.25, 0.3) is 0 Å². The molecule has 0 radical (unpaired) electrons. The quantitative estimate of drug-likeness (QED) is 0.864. The molecule has 27 heavy (non-hydrogen) atoms. The van der Waals surface area contributed by atoms with Crippen molar-refractivity contribution in [1.82, 2.24) is 5.32 Å². The summed E-state index contributed by atoms with van der Waals surface area (Å²) in [5.74, 6) is 0.490. The zero-order chi connectivity index (χ0) is 19.6. The SMILES string of the molecule is C[C@H]1Oc2cc(NC(=O)NC(C)(C)C)ccc2N(Cc2ccccc2)C1=O. The summed E-state index contributed by atoms with van der Waals surface area (Å²) in [7, 11) is 0. The van der Waals surface area contributed by atoms with E-state index in [1.54, 1.807) is 30.0 Å². The lowest BCUT2D eigenvalue weighted by molar-refractivity contribution is -0.125. The van der Waals surface area contributed by atoms with Crippen LogP contribution >= 0.6 is 0 Å². The van der Waals surface area contributed by atoms with Crippen molar-refractivity contribution in [2.45, 2.75) is 45.9 Å². The van der Waals surface area contributed by atoms with Gasteiger partial charge in [0.1, 0.15) is 5.75 Å². The predicted molar refractivity (Wildman–Crippen MR) is 106 cm³/mol. The maximum absolute atomic E-state index is 12.6. The summed E-state index contributed by atoms with van der Waals surface area (Å²) >= 11 is 0. The molecular weight excluding hydrogens is 342 g/mol. The van der Waals surface area contributed by atoms with Gasteiger partial charge in [-0.25, -0.2) is 4.79 Å². The van der Waals surface area contributed by atoms with Gasteiger partial charge in [0.25, 0.3) is 5.91 Å². The average Bonchev–Trinajstić information content (AvgIpc) is 2.58. The lowest BCUT2D eigenvalue weighted by atomic mass is 10.1. The number of anilines is 2. The van der Waals surface area contributed by atoms with Crippen LogP contribution in [0.3, 0.4) is 0 Å². The first-order chi connectivity index (χ1) is 12.7. The summed E-state index contributed by atoms with van der Waals surface area (Å²) in [5, 5.41) is 5.66. The van der Waals surface area contributed by atoms with Crippen LogP contribution in [0, 0.1) is 0 Å². The fourth-order valence-electron chi connectivity index (χ4n) is 2.92. The predicted octanol–water partition coefficient (Wildman–Crippen LogP) is 3.92. The normalized spacial score (nSPS) is 16.4. The summed E-state index contributed by atoms with van der Waals surface area (Å²) in [4.78, 5) is 26.4. The number of ether oxygens (including phenoxy) is 1. The molecule has 6 nitrogen and oxygen atoms in total. The molecule has 0 fully saturated rings. The Morgan fingerprint density at radius 3 is 2.52 bits per heavy atom. The van der Waals surface area contributed by atoms with Crippen LogP contribution in [0.1, 0.15) is 33.3 Å². The van der Waals surface area contributed by atoms with Crippen LogP contribution in [0.2, 0.25) is 0 Å². The van der Waals surface area contributed by atoms with E-state index in [0.29, 0.717) is 23.7 Å². The Labute approximate surface area is 159 Å². The minimum absolute atomic E-state index is 0.0856. The molecule has 6 heteroatoms. The molecule has 0 spiro atoms. The van der Waals surface area contributed by atoms with E-state index < -0.39 is 6.10 Å². The van der Waals surface area contributed by atoms with Gasteiger partial charge in [-0.1, -0.05) is 30.3 Å². The monoisotopic (exact) mass is 367 g/mol. The minimum Gasteiger partial charge on any atom is -0.479 e. The van der Waals surface area contributed by atoms with E-state index in [4.69, 9.17) is 4.74 Å². The van der Waals surface area contributed by atoms with Gasteiger partial charge in [0.15, 0.2) is 6.10 Å². The van der Waals surface area contributed by atoms with Crippen molar-refractivity contribution in [2.75, 3.05) is 10.2 Å². The molecule has 0 unspecified atom stereocenters. The summed E-state index contributed by atoms with van der Waals surface area (Å²) in [6.07, 6.45) is -0.583. The molecule has 1 heterocycles. The molecule has 0 saturated carbocycles. The summed E-state index contributed by atoms with van der Waals surface area (Å²) in [6.45, 7) is 7.94. The van der Waals surface area contributed by atoms with Gasteiger partial charge in [0.05, 0.1) is 12.2 Å². The number of benzene rings is 2. The van der Waals surface area contributed by atoms with E-state index in [2.05, 4.69) is 10.6 Å². The number of rotatable bonds is 3. The van der Waals surface area contributed by atoms with Crippen molar-refractivity contribution < 1.29 is 14.3 Å². The van der Waals surface area contributed by atoms with E-state index in [1.807, 2.05) is 51.1 Å². The largest absolute Gasteiger partial charge is 0.479 e. The molecule has 0 aromatic heterocycles. The van der Waals surface area contributed by atoms with Crippen LogP contribution in [0.5, 0.6) is 5.75 Å². The summed E-state index contributed by atoms with van der Waals surface area (Å²) < 4.78 is 5.77. The molecule has 1 aliphatic rings. The highest BCUT2D eigenvalue weighted by Crippen LogP contribution is 2.37. The zero-order valence-corrected chi connectivity index (χ0v) is 16.1. The van der Waals surface area contributed by atoms with Gasteiger partial charge in [-0.15, -0.1) is 0 Å². The zero-order valence-electron chi connectivity index (χ0n) is 16.1. The first-order valence-electron chi connectivity index (χ1n) is 8.98. The molecule has 2 N–H and O–H groups in total. The smallest absolute Gasteiger partial charge is 0.319 e. The topological polar surface area (TPSA) is 70.7 Å². The van der Waals surface area contributed by atoms with Gasteiger partial charge in [0.2, 0.25) is 0 Å². The number of carbonyl (C=O) groups excluding carboxylic acids is 2. The lowest BCUT2D eigenvalue weighted by Gasteiger charge is -2.33. The minimum atomic E-state index is -0.583. The Morgan fingerprint density at radius 1 is 1.15 bits per heavy atom.